The van der Waals surface area contributed by atoms with Crippen molar-refractivity contribution in [2.24, 2.45) is 13.0 Å². The van der Waals surface area contributed by atoms with Gasteiger partial charge >= 0.3 is 0 Å². The molecular weight excluding hydrogens is 450 g/mol. The summed E-state index contributed by atoms with van der Waals surface area (Å²) in [7, 11) is 1.84. The maximum absolute atomic E-state index is 12.4. The predicted molar refractivity (Wildman–Crippen MR) is 134 cm³/mol. The highest BCUT2D eigenvalue weighted by Gasteiger charge is 2.23. The minimum Gasteiger partial charge on any atom is -0.483 e. The monoisotopic (exact) mass is 487 g/mol. The molecule has 2 atom stereocenters. The molecule has 0 bridgehead atoms. The van der Waals surface area contributed by atoms with E-state index in [4.69, 9.17) is 4.74 Å². The van der Waals surface area contributed by atoms with Crippen molar-refractivity contribution in [1.82, 2.24) is 25.4 Å². The SMILES string of the molecule is Cc1ccc(C(C)C)c(OCC(=O)NCc2nnc(SCC(=O)N[C@H]3CCCC[C@@H]3C)n2C)c1. The van der Waals surface area contributed by atoms with Crippen molar-refractivity contribution in [3.05, 3.63) is 35.2 Å². The van der Waals surface area contributed by atoms with Gasteiger partial charge in [0.15, 0.2) is 17.6 Å². The fourth-order valence-corrected chi connectivity index (χ4v) is 4.89. The molecule has 2 aromatic rings. The van der Waals surface area contributed by atoms with E-state index in [-0.39, 0.29) is 31.0 Å². The number of carbonyl (C=O) groups excluding carboxylic acids is 2. The molecule has 1 aromatic heterocycles. The van der Waals surface area contributed by atoms with E-state index in [9.17, 15) is 9.59 Å². The molecule has 9 heteroatoms. The molecule has 0 spiro atoms. The lowest BCUT2D eigenvalue weighted by Gasteiger charge is -2.29. The van der Waals surface area contributed by atoms with Gasteiger partial charge in [0.1, 0.15) is 5.75 Å². The molecule has 1 fully saturated rings. The van der Waals surface area contributed by atoms with Crippen molar-refractivity contribution >= 4 is 23.6 Å². The van der Waals surface area contributed by atoms with Gasteiger partial charge in [-0.15, -0.1) is 10.2 Å². The number of nitrogens with one attached hydrogen (secondary N) is 2. The van der Waals surface area contributed by atoms with Crippen LogP contribution in [0.3, 0.4) is 0 Å². The number of ether oxygens (including phenoxy) is 1. The Balaban J connectivity index is 1.44. The number of aryl methyl sites for hydroxylation is 1. The first-order valence-electron chi connectivity index (χ1n) is 12.0. The van der Waals surface area contributed by atoms with Crippen molar-refractivity contribution in [1.29, 1.82) is 0 Å². The molecule has 2 amide bonds. The molecule has 0 unspecified atom stereocenters. The van der Waals surface area contributed by atoms with Gasteiger partial charge in [-0.2, -0.15) is 0 Å². The topological polar surface area (TPSA) is 98.1 Å². The standard InChI is InChI=1S/C25H37N5O3S/c1-16(2)19-11-10-17(3)12-21(19)33-14-23(31)26-13-22-28-29-25(30(22)5)34-15-24(32)27-20-9-7-6-8-18(20)4/h10-12,16,18,20H,6-9,13-15H2,1-5H3,(H,26,31)(H,27,32)/t18-,20-/m0/s1. The summed E-state index contributed by atoms with van der Waals surface area (Å²) in [6, 6.07) is 6.32. The first kappa shape index (κ1) is 26.1. The summed E-state index contributed by atoms with van der Waals surface area (Å²) in [6.07, 6.45) is 4.65. The van der Waals surface area contributed by atoms with Gasteiger partial charge in [-0.05, 0) is 48.8 Å². The minimum absolute atomic E-state index is 0.0238. The third-order valence-electron chi connectivity index (χ3n) is 6.31. The first-order valence-corrected chi connectivity index (χ1v) is 13.0. The number of benzene rings is 1. The Hall–Kier alpha value is -2.55. The lowest BCUT2D eigenvalue weighted by molar-refractivity contribution is -0.123. The fourth-order valence-electron chi connectivity index (χ4n) is 4.15. The molecule has 1 heterocycles. The largest absolute Gasteiger partial charge is 0.483 e. The average Bonchev–Trinajstić information content (AvgIpc) is 3.15. The molecule has 1 aromatic carbocycles. The van der Waals surface area contributed by atoms with E-state index >= 15 is 0 Å². The Morgan fingerprint density at radius 3 is 2.71 bits per heavy atom. The highest BCUT2D eigenvalue weighted by atomic mass is 32.2. The molecule has 0 saturated heterocycles. The molecule has 1 saturated carbocycles. The molecule has 8 nitrogen and oxygen atoms in total. The van der Waals surface area contributed by atoms with Crippen LogP contribution >= 0.6 is 11.8 Å². The molecule has 2 N–H and O–H groups in total. The second-order valence-corrected chi connectivity index (χ2v) is 10.4. The molecule has 0 aliphatic heterocycles. The number of thioether (sulfide) groups is 1. The van der Waals surface area contributed by atoms with Crippen molar-refractivity contribution in [2.75, 3.05) is 12.4 Å². The van der Waals surface area contributed by atoms with Crippen LogP contribution in [0.25, 0.3) is 0 Å². The minimum atomic E-state index is -0.227. The summed E-state index contributed by atoms with van der Waals surface area (Å²) in [4.78, 5) is 24.7. The second-order valence-electron chi connectivity index (χ2n) is 9.44. The summed E-state index contributed by atoms with van der Waals surface area (Å²) < 4.78 is 7.60. The molecule has 186 valence electrons. The van der Waals surface area contributed by atoms with Gasteiger partial charge in [0.05, 0.1) is 12.3 Å². The van der Waals surface area contributed by atoms with Gasteiger partial charge in [-0.3, -0.25) is 9.59 Å². The van der Waals surface area contributed by atoms with Crippen LogP contribution in [0.5, 0.6) is 5.75 Å². The zero-order valence-corrected chi connectivity index (χ0v) is 21.7. The Kier molecular flexibility index (Phi) is 9.38. The van der Waals surface area contributed by atoms with E-state index in [1.807, 2.05) is 32.2 Å². The van der Waals surface area contributed by atoms with E-state index < -0.39 is 0 Å². The van der Waals surface area contributed by atoms with E-state index in [0.29, 0.717) is 28.6 Å². The number of aromatic nitrogens is 3. The van der Waals surface area contributed by atoms with Crippen molar-refractivity contribution in [2.45, 2.75) is 77.0 Å². The lowest BCUT2D eigenvalue weighted by atomic mass is 9.86. The summed E-state index contributed by atoms with van der Waals surface area (Å²) in [6.45, 7) is 8.57. The second kappa shape index (κ2) is 12.2. The van der Waals surface area contributed by atoms with Crippen LogP contribution in [0.15, 0.2) is 23.4 Å². The van der Waals surface area contributed by atoms with Crippen LogP contribution in [0, 0.1) is 12.8 Å². The van der Waals surface area contributed by atoms with Crippen LogP contribution in [0.1, 0.15) is 69.3 Å². The number of nitrogens with zero attached hydrogens (tertiary/aromatic N) is 3. The molecule has 3 rings (SSSR count). The summed E-state index contributed by atoms with van der Waals surface area (Å²) in [5, 5.41) is 15.0. The van der Waals surface area contributed by atoms with Crippen LogP contribution in [-0.4, -0.2) is 45.0 Å². The van der Waals surface area contributed by atoms with Gasteiger partial charge in [0.2, 0.25) is 5.91 Å². The Morgan fingerprint density at radius 2 is 1.97 bits per heavy atom. The number of hydrogen-bond acceptors (Lipinski definition) is 6. The van der Waals surface area contributed by atoms with Crippen LogP contribution in [-0.2, 0) is 23.2 Å². The highest BCUT2D eigenvalue weighted by Crippen LogP contribution is 2.27. The third kappa shape index (κ3) is 7.22. The van der Waals surface area contributed by atoms with Crippen molar-refractivity contribution < 1.29 is 14.3 Å². The van der Waals surface area contributed by atoms with Gasteiger partial charge in [-0.1, -0.05) is 57.5 Å². The quantitative estimate of drug-likeness (QED) is 0.496. The molecular formula is C25H37N5O3S. The summed E-state index contributed by atoms with van der Waals surface area (Å²) >= 11 is 1.35. The van der Waals surface area contributed by atoms with Gasteiger partial charge in [-0.25, -0.2) is 0 Å². The fraction of sp³-hybridized carbons (Fsp3) is 0.600. The van der Waals surface area contributed by atoms with Crippen molar-refractivity contribution in [3.63, 3.8) is 0 Å². The molecule has 0 radical (unpaired) electrons. The molecule has 1 aliphatic rings. The lowest BCUT2D eigenvalue weighted by Crippen LogP contribution is -2.41. The summed E-state index contributed by atoms with van der Waals surface area (Å²) in [5.74, 6) is 2.29. The normalized spacial score (nSPS) is 18.1. The number of amides is 2. The highest BCUT2D eigenvalue weighted by molar-refractivity contribution is 7.99. The van der Waals surface area contributed by atoms with E-state index in [0.717, 1.165) is 23.3 Å². The van der Waals surface area contributed by atoms with Crippen molar-refractivity contribution in [3.8, 4) is 5.75 Å². The van der Waals surface area contributed by atoms with E-state index in [2.05, 4.69) is 41.6 Å². The Morgan fingerprint density at radius 1 is 1.21 bits per heavy atom. The zero-order valence-electron chi connectivity index (χ0n) is 20.9. The van der Waals surface area contributed by atoms with E-state index in [1.54, 1.807) is 4.57 Å². The van der Waals surface area contributed by atoms with Gasteiger partial charge < -0.3 is 19.9 Å². The maximum atomic E-state index is 12.4. The van der Waals surface area contributed by atoms with E-state index in [1.165, 1.54) is 31.0 Å². The Bertz CT molecular complexity index is 991. The third-order valence-corrected chi connectivity index (χ3v) is 7.33. The zero-order chi connectivity index (χ0) is 24.7. The number of rotatable bonds is 10. The Labute approximate surface area is 206 Å². The predicted octanol–water partition coefficient (Wildman–Crippen LogP) is 3.73. The van der Waals surface area contributed by atoms with Gasteiger partial charge in [0.25, 0.3) is 5.91 Å². The molecule has 34 heavy (non-hydrogen) atoms. The molecule has 1 aliphatic carbocycles. The first-order chi connectivity index (χ1) is 16.2. The van der Waals surface area contributed by atoms with Gasteiger partial charge in [0, 0.05) is 13.1 Å². The smallest absolute Gasteiger partial charge is 0.258 e. The van der Waals surface area contributed by atoms with Crippen LogP contribution in [0.4, 0.5) is 0 Å². The van der Waals surface area contributed by atoms with Crippen LogP contribution < -0.4 is 15.4 Å². The number of hydrogen-bond donors (Lipinski definition) is 2. The number of carbonyl (C=O) groups is 2. The average molecular weight is 488 g/mol. The maximum Gasteiger partial charge on any atom is 0.258 e. The summed E-state index contributed by atoms with van der Waals surface area (Å²) in [5.41, 5.74) is 2.17. The van der Waals surface area contributed by atoms with Crippen LogP contribution in [0.2, 0.25) is 0 Å².